The number of carbonyl (C=O) groups excluding carboxylic acids is 2. The summed E-state index contributed by atoms with van der Waals surface area (Å²) in [5, 5.41) is 14.5. The van der Waals surface area contributed by atoms with Crippen LogP contribution < -0.4 is 24.8 Å². The van der Waals surface area contributed by atoms with Crippen molar-refractivity contribution in [3.8, 4) is 23.0 Å². The number of carboxylic acids is 1. The van der Waals surface area contributed by atoms with Gasteiger partial charge >= 0.3 is 24.8 Å². The van der Waals surface area contributed by atoms with Gasteiger partial charge in [-0.15, -0.1) is 0 Å². The predicted octanol–water partition coefficient (Wildman–Crippen LogP) is 5.66. The molecule has 0 atom stereocenters. The number of nitrogens with zero attached hydrogens (tertiary/aromatic N) is 1. The van der Waals surface area contributed by atoms with E-state index in [9.17, 15) is 18.8 Å². The van der Waals surface area contributed by atoms with Gasteiger partial charge in [0.05, 0.1) is 19.2 Å². The molecule has 0 unspecified atom stereocenters. The minimum atomic E-state index is -1.30. The SMILES string of the molecule is COc1cc2c(Oc3ccc(NC(=O)C4(C(=O)Nc5ccc(F)cc5)CC4)cc3F)ccnc2cc1OCCCCC(=O)O.[LiH]. The van der Waals surface area contributed by atoms with E-state index in [1.165, 1.54) is 49.7 Å². The first kappa shape index (κ1) is 33.2. The van der Waals surface area contributed by atoms with Gasteiger partial charge in [0, 0.05) is 41.5 Å². The topological polar surface area (TPSA) is 136 Å². The molecule has 0 saturated heterocycles. The van der Waals surface area contributed by atoms with E-state index in [1.54, 1.807) is 18.2 Å². The van der Waals surface area contributed by atoms with Crippen LogP contribution in [-0.4, -0.2) is 60.5 Å². The molecule has 1 aliphatic rings. The molecule has 1 aromatic heterocycles. The molecule has 1 fully saturated rings. The maximum atomic E-state index is 15.2. The molecule has 1 heterocycles. The number of carbonyl (C=O) groups is 3. The van der Waals surface area contributed by atoms with Crippen LogP contribution in [0.1, 0.15) is 32.1 Å². The molecule has 45 heavy (non-hydrogen) atoms. The predicted molar refractivity (Wildman–Crippen MR) is 164 cm³/mol. The average Bonchev–Trinajstić information content (AvgIpc) is 3.82. The first-order chi connectivity index (χ1) is 21.2. The molecule has 3 aromatic carbocycles. The van der Waals surface area contributed by atoms with Crippen molar-refractivity contribution in [2.45, 2.75) is 32.1 Å². The van der Waals surface area contributed by atoms with E-state index in [0.29, 0.717) is 66.1 Å². The first-order valence-electron chi connectivity index (χ1n) is 13.9. The third-order valence-electron chi connectivity index (χ3n) is 7.16. The molecule has 1 saturated carbocycles. The third-order valence-corrected chi connectivity index (χ3v) is 7.16. The number of hydrogen-bond acceptors (Lipinski definition) is 7. The summed E-state index contributed by atoms with van der Waals surface area (Å²) >= 11 is 0. The molecule has 4 aromatic rings. The maximum absolute atomic E-state index is 15.2. The van der Waals surface area contributed by atoms with E-state index in [1.807, 2.05) is 0 Å². The number of carboxylic acid groups (broad SMARTS) is 1. The Balaban J connectivity index is 0.00000461. The summed E-state index contributed by atoms with van der Waals surface area (Å²) < 4.78 is 45.4. The molecule has 0 radical (unpaired) electrons. The zero-order valence-electron chi connectivity index (χ0n) is 23.7. The van der Waals surface area contributed by atoms with Crippen LogP contribution in [0.15, 0.2) is 66.9 Å². The Kier molecular flexibility index (Phi) is 10.6. The van der Waals surface area contributed by atoms with Crippen molar-refractivity contribution in [2.24, 2.45) is 5.41 Å². The fraction of sp³-hybridized carbons (Fsp3) is 0.250. The number of amides is 2. The van der Waals surface area contributed by atoms with Gasteiger partial charge < -0.3 is 30.0 Å². The van der Waals surface area contributed by atoms with Crippen molar-refractivity contribution >= 4 is 58.9 Å². The van der Waals surface area contributed by atoms with E-state index >= 15 is 4.39 Å². The number of anilines is 2. The molecular weight excluding hydrogens is 583 g/mol. The van der Waals surface area contributed by atoms with Crippen LogP contribution in [0.4, 0.5) is 20.2 Å². The molecule has 2 amide bonds. The Labute approximate surface area is 269 Å². The number of aliphatic carboxylic acids is 1. The van der Waals surface area contributed by atoms with Gasteiger partial charge in [0.2, 0.25) is 11.8 Å². The Morgan fingerprint density at radius 3 is 2.20 bits per heavy atom. The summed E-state index contributed by atoms with van der Waals surface area (Å²) in [5.74, 6) is -2.15. The number of halogens is 2. The molecule has 1 aliphatic carbocycles. The Bertz CT molecular complexity index is 1720. The average molecular weight is 614 g/mol. The molecule has 0 aliphatic heterocycles. The van der Waals surface area contributed by atoms with Crippen molar-refractivity contribution in [3.63, 3.8) is 0 Å². The van der Waals surface area contributed by atoms with Crippen LogP contribution in [0.25, 0.3) is 10.9 Å². The Morgan fingerprint density at radius 1 is 0.867 bits per heavy atom. The third kappa shape index (κ3) is 7.90. The number of aromatic nitrogens is 1. The second-order valence-corrected chi connectivity index (χ2v) is 10.3. The van der Waals surface area contributed by atoms with Gasteiger partial charge in [-0.25, -0.2) is 8.78 Å². The fourth-order valence-corrected chi connectivity index (χ4v) is 4.55. The number of ether oxygens (including phenoxy) is 3. The number of nitrogens with one attached hydrogen (secondary N) is 2. The van der Waals surface area contributed by atoms with E-state index in [0.717, 1.165) is 6.07 Å². The number of benzene rings is 3. The minimum absolute atomic E-state index is 0. The fourth-order valence-electron chi connectivity index (χ4n) is 4.55. The number of fused-ring (bicyclic) bond motifs is 1. The summed E-state index contributed by atoms with van der Waals surface area (Å²) in [6.07, 6.45) is 3.23. The van der Waals surface area contributed by atoms with Crippen LogP contribution in [0.2, 0.25) is 0 Å². The summed E-state index contributed by atoms with van der Waals surface area (Å²) in [4.78, 5) is 40.8. The zero-order chi connectivity index (χ0) is 31.3. The molecule has 3 N–H and O–H groups in total. The summed E-state index contributed by atoms with van der Waals surface area (Å²) in [7, 11) is 1.47. The number of pyridine rings is 1. The van der Waals surface area contributed by atoms with E-state index in [4.69, 9.17) is 19.3 Å². The molecular formula is C32H30F2LiN3O7. The van der Waals surface area contributed by atoms with Crippen molar-refractivity contribution in [3.05, 3.63) is 78.5 Å². The van der Waals surface area contributed by atoms with E-state index in [2.05, 4.69) is 15.6 Å². The summed E-state index contributed by atoms with van der Waals surface area (Å²) in [6, 6.07) is 14.0. The zero-order valence-corrected chi connectivity index (χ0v) is 23.7. The molecule has 0 spiro atoms. The number of unbranched alkanes of at least 4 members (excludes halogenated alkanes) is 1. The number of hydrogen-bond donors (Lipinski definition) is 3. The van der Waals surface area contributed by atoms with Gasteiger partial charge in [-0.2, -0.15) is 0 Å². The van der Waals surface area contributed by atoms with Crippen LogP contribution in [0.3, 0.4) is 0 Å². The molecule has 5 rings (SSSR count). The first-order valence-corrected chi connectivity index (χ1v) is 13.9. The molecule has 10 nitrogen and oxygen atoms in total. The van der Waals surface area contributed by atoms with Gasteiger partial charge in [0.15, 0.2) is 23.1 Å². The number of methoxy groups -OCH3 is 1. The van der Waals surface area contributed by atoms with Crippen LogP contribution in [-0.2, 0) is 14.4 Å². The van der Waals surface area contributed by atoms with Gasteiger partial charge in [-0.05, 0) is 74.2 Å². The van der Waals surface area contributed by atoms with Crippen LogP contribution in [0, 0.1) is 17.0 Å². The Morgan fingerprint density at radius 2 is 1.56 bits per heavy atom. The quantitative estimate of drug-likeness (QED) is 0.0999. The van der Waals surface area contributed by atoms with Crippen molar-refractivity contribution in [1.29, 1.82) is 0 Å². The number of rotatable bonds is 13. The van der Waals surface area contributed by atoms with Crippen LogP contribution >= 0.6 is 0 Å². The Hall–Kier alpha value is -4.66. The molecule has 230 valence electrons. The van der Waals surface area contributed by atoms with Gasteiger partial charge in [-0.1, -0.05) is 0 Å². The summed E-state index contributed by atoms with van der Waals surface area (Å²) in [5.41, 5.74) is -0.286. The monoisotopic (exact) mass is 613 g/mol. The molecule has 13 heteroatoms. The van der Waals surface area contributed by atoms with Gasteiger partial charge in [0.1, 0.15) is 17.0 Å². The summed E-state index contributed by atoms with van der Waals surface area (Å²) in [6.45, 7) is 0.291. The second kappa shape index (κ2) is 14.4. The standard InChI is InChI=1S/C32H29F2N3O7.Li.H/c1-42-27-17-22-24(18-28(27)43-15-3-2-4-29(38)39)35-14-11-25(22)44-26-10-9-21(16-23(26)34)37-31(41)32(12-13-32)30(40)36-20-7-5-19(33)6-8-20;;/h5-11,14,16-18H,2-4,12-13,15H2,1H3,(H,36,40)(H,37,41)(H,38,39);;. The van der Waals surface area contributed by atoms with E-state index < -0.39 is 34.8 Å². The van der Waals surface area contributed by atoms with E-state index in [-0.39, 0.29) is 36.7 Å². The van der Waals surface area contributed by atoms with Gasteiger partial charge in [0.25, 0.3) is 0 Å². The van der Waals surface area contributed by atoms with Crippen LogP contribution in [0.5, 0.6) is 23.0 Å². The normalized spacial score (nSPS) is 12.9. The van der Waals surface area contributed by atoms with Crippen molar-refractivity contribution in [1.82, 2.24) is 4.98 Å². The van der Waals surface area contributed by atoms with Gasteiger partial charge in [-0.3, -0.25) is 19.4 Å². The second-order valence-electron chi connectivity index (χ2n) is 10.3. The van der Waals surface area contributed by atoms with Crippen molar-refractivity contribution in [2.75, 3.05) is 24.4 Å². The van der Waals surface area contributed by atoms with Crippen molar-refractivity contribution < 1.29 is 42.5 Å². The molecule has 0 bridgehead atoms.